The van der Waals surface area contributed by atoms with Gasteiger partial charge in [-0.15, -0.1) is 0 Å². The van der Waals surface area contributed by atoms with Gasteiger partial charge in [-0.05, 0) is 69.8 Å². The van der Waals surface area contributed by atoms with Crippen molar-refractivity contribution in [3.8, 4) is 0 Å². The van der Waals surface area contributed by atoms with Gasteiger partial charge in [0.25, 0.3) is 0 Å². The molecule has 0 aliphatic rings. The van der Waals surface area contributed by atoms with E-state index in [4.69, 9.17) is 3.63 Å². The van der Waals surface area contributed by atoms with Crippen molar-refractivity contribution in [1.82, 2.24) is 0 Å². The van der Waals surface area contributed by atoms with Crippen LogP contribution < -0.4 is 0 Å². The van der Waals surface area contributed by atoms with Gasteiger partial charge in [0, 0.05) is 14.7 Å². The molecule has 0 bridgehead atoms. The summed E-state index contributed by atoms with van der Waals surface area (Å²) < 4.78 is 33.5. The highest BCUT2D eigenvalue weighted by Gasteiger charge is 2.38. The van der Waals surface area contributed by atoms with Gasteiger partial charge in [0.1, 0.15) is 0 Å². The largest absolute Gasteiger partial charge is 0.307 e. The second-order valence-corrected chi connectivity index (χ2v) is 13.2. The van der Waals surface area contributed by atoms with E-state index in [-0.39, 0.29) is 10.3 Å². The molecule has 0 aliphatic heterocycles. The maximum Gasteiger partial charge on any atom is 0.307 e. The monoisotopic (exact) mass is 476 g/mol. The third-order valence-corrected chi connectivity index (χ3v) is 10.6. The van der Waals surface area contributed by atoms with Crippen molar-refractivity contribution in [2.75, 3.05) is 0 Å². The molecule has 4 aromatic carbocycles. The van der Waals surface area contributed by atoms with Gasteiger partial charge in [-0.3, -0.25) is 0 Å². The third-order valence-electron chi connectivity index (χ3n) is 5.43. The predicted molar refractivity (Wildman–Crippen MR) is 135 cm³/mol. The lowest BCUT2D eigenvalue weighted by Crippen LogP contribution is -2.15. The number of hydrogen-bond donors (Lipinski definition) is 0. The van der Waals surface area contributed by atoms with Crippen LogP contribution in [0.4, 0.5) is 0 Å². The lowest BCUT2D eigenvalue weighted by atomic mass is 9.87. The molecule has 3 nitrogen and oxygen atoms in total. The van der Waals surface area contributed by atoms with Crippen LogP contribution in [-0.2, 0) is 19.2 Å². The van der Waals surface area contributed by atoms with Crippen molar-refractivity contribution >= 4 is 20.4 Å². The highest BCUT2D eigenvalue weighted by atomic mass is 32.3. The topological polar surface area (TPSA) is 43.4 Å². The van der Waals surface area contributed by atoms with Gasteiger partial charge >= 0.3 is 10.1 Å². The molecule has 0 amide bonds. The minimum Gasteiger partial charge on any atom is -0.203 e. The van der Waals surface area contributed by atoms with Gasteiger partial charge in [0.2, 0.25) is 0 Å². The quantitative estimate of drug-likeness (QED) is 0.288. The average Bonchev–Trinajstić information content (AvgIpc) is 2.84. The molecule has 0 atom stereocenters. The number of hydrogen-bond acceptors (Lipinski definition) is 3. The molecule has 5 heteroatoms. The molecule has 0 unspecified atom stereocenters. The fourth-order valence-corrected chi connectivity index (χ4v) is 8.90. The van der Waals surface area contributed by atoms with E-state index in [0.29, 0.717) is 0 Å². The van der Waals surface area contributed by atoms with Gasteiger partial charge < -0.3 is 0 Å². The van der Waals surface area contributed by atoms with Gasteiger partial charge in [-0.2, -0.15) is 8.42 Å². The summed E-state index contributed by atoms with van der Waals surface area (Å²) in [5.74, 6) is 0. The van der Waals surface area contributed by atoms with E-state index in [1.807, 2.05) is 72.8 Å². The van der Waals surface area contributed by atoms with Crippen LogP contribution in [-0.4, -0.2) is 8.42 Å². The van der Waals surface area contributed by atoms with Crippen LogP contribution in [0.2, 0.25) is 0 Å². The second-order valence-electron chi connectivity index (χ2n) is 8.79. The third kappa shape index (κ3) is 4.76. The average molecular weight is 477 g/mol. The molecule has 0 aromatic heterocycles. The molecule has 0 spiro atoms. The maximum absolute atomic E-state index is 13.6. The summed E-state index contributed by atoms with van der Waals surface area (Å²) >= 11 is 0. The molecule has 4 rings (SSSR count). The Morgan fingerprint density at radius 1 is 0.515 bits per heavy atom. The first-order valence-electron chi connectivity index (χ1n) is 10.8. The molecule has 33 heavy (non-hydrogen) atoms. The highest BCUT2D eigenvalue weighted by molar-refractivity contribution is 8.33. The highest BCUT2D eigenvalue weighted by Crippen LogP contribution is 2.70. The lowest BCUT2D eigenvalue weighted by Gasteiger charge is -2.39. The maximum atomic E-state index is 13.6. The normalized spacial score (nSPS) is 12.9. The van der Waals surface area contributed by atoms with Gasteiger partial charge in [0.05, 0.1) is 4.90 Å². The summed E-state index contributed by atoms with van der Waals surface area (Å²) in [5.41, 5.74) is 1.15. The molecule has 0 fully saturated rings. The Hall–Kier alpha value is -2.86. The zero-order valence-corrected chi connectivity index (χ0v) is 20.6. The Morgan fingerprint density at radius 3 is 1.27 bits per heavy atom. The molecule has 0 aliphatic carbocycles. The van der Waals surface area contributed by atoms with Crippen molar-refractivity contribution < 1.29 is 12.0 Å². The van der Waals surface area contributed by atoms with Crippen molar-refractivity contribution in [2.24, 2.45) is 0 Å². The molecule has 170 valence electrons. The van der Waals surface area contributed by atoms with Gasteiger partial charge in [-0.25, -0.2) is 3.63 Å². The first kappa shape index (κ1) is 23.3. The van der Waals surface area contributed by atoms with E-state index in [9.17, 15) is 8.42 Å². The van der Waals surface area contributed by atoms with Gasteiger partial charge in [0.15, 0.2) is 0 Å². The van der Waals surface area contributed by atoms with Gasteiger partial charge in [-0.1, -0.05) is 87.5 Å². The summed E-state index contributed by atoms with van der Waals surface area (Å²) in [7, 11) is -6.65. The van der Waals surface area contributed by atoms with Crippen LogP contribution in [0.1, 0.15) is 26.3 Å². The van der Waals surface area contributed by atoms with Crippen LogP contribution in [0.25, 0.3) is 0 Å². The predicted octanol–water partition coefficient (Wildman–Crippen LogP) is 7.59. The van der Waals surface area contributed by atoms with Crippen LogP contribution in [0, 0.1) is 0 Å². The minimum absolute atomic E-state index is 0.0208. The molecule has 4 aromatic rings. The molecule has 0 saturated carbocycles. The fraction of sp³-hybridized carbons (Fsp3) is 0.143. The van der Waals surface area contributed by atoms with Crippen LogP contribution >= 0.6 is 10.3 Å². The summed E-state index contributed by atoms with van der Waals surface area (Å²) in [6, 6.07) is 35.8. The van der Waals surface area contributed by atoms with E-state index in [1.54, 1.807) is 30.3 Å². The SMILES string of the molecule is CC(C)(C)c1ccc(S(OS(=O)(=O)c2ccccc2)(c2ccccc2)c2ccccc2)cc1. The summed E-state index contributed by atoms with van der Waals surface area (Å²) in [6.07, 6.45) is 0. The van der Waals surface area contributed by atoms with E-state index in [1.165, 1.54) is 5.56 Å². The Labute approximate surface area is 198 Å². The van der Waals surface area contributed by atoms with Crippen LogP contribution in [0.5, 0.6) is 0 Å². The molecule has 0 saturated heterocycles. The number of rotatable bonds is 6. The van der Waals surface area contributed by atoms with Crippen molar-refractivity contribution in [3.63, 3.8) is 0 Å². The zero-order chi connectivity index (χ0) is 23.5. The van der Waals surface area contributed by atoms with E-state index < -0.39 is 20.4 Å². The molecule has 0 heterocycles. The zero-order valence-electron chi connectivity index (χ0n) is 19.0. The first-order valence-corrected chi connectivity index (χ1v) is 13.8. The number of benzene rings is 4. The van der Waals surface area contributed by atoms with Crippen LogP contribution in [0.3, 0.4) is 0 Å². The minimum atomic E-state index is -4.06. The fourth-order valence-electron chi connectivity index (χ4n) is 3.66. The Balaban J connectivity index is 2.00. The van der Waals surface area contributed by atoms with Crippen molar-refractivity contribution in [2.45, 2.75) is 45.8 Å². The van der Waals surface area contributed by atoms with Crippen molar-refractivity contribution in [3.05, 3.63) is 121 Å². The molecular weight excluding hydrogens is 448 g/mol. The molecule has 0 N–H and O–H groups in total. The van der Waals surface area contributed by atoms with E-state index in [0.717, 1.165) is 14.7 Å². The Kier molecular flexibility index (Phi) is 6.48. The smallest absolute Gasteiger partial charge is 0.203 e. The van der Waals surface area contributed by atoms with E-state index in [2.05, 4.69) is 32.9 Å². The molecule has 0 radical (unpaired) electrons. The Morgan fingerprint density at radius 2 is 0.879 bits per heavy atom. The summed E-state index contributed by atoms with van der Waals surface area (Å²) in [4.78, 5) is 2.60. The summed E-state index contributed by atoms with van der Waals surface area (Å²) in [6.45, 7) is 6.48. The summed E-state index contributed by atoms with van der Waals surface area (Å²) in [5, 5.41) is 0. The Bertz CT molecular complexity index is 1260. The van der Waals surface area contributed by atoms with Crippen molar-refractivity contribution in [1.29, 1.82) is 0 Å². The first-order chi connectivity index (χ1) is 15.7. The lowest BCUT2D eigenvalue weighted by molar-refractivity contribution is 0.508. The van der Waals surface area contributed by atoms with E-state index >= 15 is 0 Å². The standard InChI is InChI=1S/C28H28O3S2/c1-28(2,3)23-19-21-26(22-20-23)32(24-13-7-4-8-14-24,25-15-9-5-10-16-25)31-33(29,30)27-17-11-6-12-18-27/h4-22H,1-3H3. The van der Waals surface area contributed by atoms with Crippen LogP contribution in [0.15, 0.2) is 135 Å². The second kappa shape index (κ2) is 9.18. The molecular formula is C28H28O3S2.